The highest BCUT2D eigenvalue weighted by Crippen LogP contribution is 2.44. The number of carbonyl (C=O) groups excluding carboxylic acids is 1. The molecule has 18 heavy (non-hydrogen) atoms. The van der Waals surface area contributed by atoms with Crippen LogP contribution in [-0.4, -0.2) is 21.9 Å². The van der Waals surface area contributed by atoms with Crippen LogP contribution in [0.1, 0.15) is 10.9 Å². The van der Waals surface area contributed by atoms with E-state index in [1.807, 2.05) is 24.3 Å². The fourth-order valence-corrected chi connectivity index (χ4v) is 4.32. The minimum atomic E-state index is -0.0268. The van der Waals surface area contributed by atoms with Gasteiger partial charge in [-0.3, -0.25) is 9.69 Å². The van der Waals surface area contributed by atoms with Gasteiger partial charge in [0.15, 0.2) is 0 Å². The summed E-state index contributed by atoms with van der Waals surface area (Å²) in [5.74, 6) is 0.559. The third-order valence-electron chi connectivity index (χ3n) is 2.59. The van der Waals surface area contributed by atoms with Crippen molar-refractivity contribution in [2.45, 2.75) is 5.37 Å². The first-order chi connectivity index (χ1) is 8.77. The normalized spacial score (nSPS) is 19.5. The summed E-state index contributed by atoms with van der Waals surface area (Å²) >= 11 is 6.52. The van der Waals surface area contributed by atoms with Crippen molar-refractivity contribution in [1.29, 1.82) is 0 Å². The quantitative estimate of drug-likeness (QED) is 0.842. The van der Waals surface area contributed by atoms with E-state index >= 15 is 0 Å². The Morgan fingerprint density at radius 2 is 2.22 bits per heavy atom. The summed E-state index contributed by atoms with van der Waals surface area (Å²) in [7, 11) is 0. The molecule has 1 aromatic heterocycles. The Bertz CT molecular complexity index is 575. The van der Waals surface area contributed by atoms with E-state index in [9.17, 15) is 4.79 Å². The summed E-state index contributed by atoms with van der Waals surface area (Å²) in [6.45, 7) is 0. The average molecular weight is 342 g/mol. The Kier molecular flexibility index (Phi) is 3.36. The largest absolute Gasteiger partial charge is 0.273 e. The van der Waals surface area contributed by atoms with Crippen molar-refractivity contribution in [2.75, 3.05) is 10.7 Å². The predicted octanol–water partition coefficient (Wildman–Crippen LogP) is 3.08. The molecule has 0 unspecified atom stereocenters. The maximum atomic E-state index is 12.0. The van der Waals surface area contributed by atoms with Crippen LogP contribution in [0.4, 0.5) is 5.13 Å². The van der Waals surface area contributed by atoms with Crippen molar-refractivity contribution in [2.24, 2.45) is 0 Å². The molecule has 1 aromatic carbocycles. The number of carbonyl (C=O) groups is 1. The van der Waals surface area contributed by atoms with Crippen LogP contribution in [0, 0.1) is 0 Å². The molecule has 4 nitrogen and oxygen atoms in total. The molecule has 0 aliphatic carbocycles. The lowest BCUT2D eigenvalue weighted by Crippen LogP contribution is -2.27. The zero-order valence-corrected chi connectivity index (χ0v) is 12.3. The number of hydrogen-bond acceptors (Lipinski definition) is 5. The van der Waals surface area contributed by atoms with E-state index in [-0.39, 0.29) is 11.3 Å². The van der Waals surface area contributed by atoms with Crippen LogP contribution < -0.4 is 4.90 Å². The van der Waals surface area contributed by atoms with Crippen molar-refractivity contribution in [3.05, 3.63) is 39.8 Å². The Morgan fingerprint density at radius 1 is 1.39 bits per heavy atom. The van der Waals surface area contributed by atoms with Crippen LogP contribution in [0.2, 0.25) is 0 Å². The minimum Gasteiger partial charge on any atom is -0.273 e. The van der Waals surface area contributed by atoms with Gasteiger partial charge in [-0.05, 0) is 11.6 Å². The van der Waals surface area contributed by atoms with Crippen molar-refractivity contribution in [3.8, 4) is 0 Å². The summed E-state index contributed by atoms with van der Waals surface area (Å²) in [5, 5.41) is 8.44. The van der Waals surface area contributed by atoms with Crippen LogP contribution in [0.25, 0.3) is 0 Å². The van der Waals surface area contributed by atoms with Gasteiger partial charge in [0.05, 0.1) is 5.75 Å². The second-order valence-electron chi connectivity index (χ2n) is 3.67. The summed E-state index contributed by atoms with van der Waals surface area (Å²) in [6, 6.07) is 7.94. The summed E-state index contributed by atoms with van der Waals surface area (Å²) in [4.78, 5) is 13.7. The van der Waals surface area contributed by atoms with E-state index in [0.717, 1.165) is 10.0 Å². The minimum absolute atomic E-state index is 0.0268. The number of halogens is 1. The average Bonchev–Trinajstić information content (AvgIpc) is 2.98. The van der Waals surface area contributed by atoms with E-state index in [2.05, 4.69) is 26.1 Å². The molecule has 1 aliphatic rings. The molecule has 2 heterocycles. The third-order valence-corrected chi connectivity index (χ3v) is 5.20. The molecule has 0 spiro atoms. The number of amides is 1. The Balaban J connectivity index is 2.02. The molecule has 3 rings (SSSR count). The molecule has 1 atom stereocenters. The Morgan fingerprint density at radius 3 is 2.94 bits per heavy atom. The number of nitrogens with zero attached hydrogens (tertiary/aromatic N) is 3. The maximum absolute atomic E-state index is 12.0. The monoisotopic (exact) mass is 341 g/mol. The van der Waals surface area contributed by atoms with Gasteiger partial charge in [0.25, 0.3) is 0 Å². The summed E-state index contributed by atoms with van der Waals surface area (Å²) in [6.07, 6.45) is 0. The number of aromatic nitrogens is 2. The van der Waals surface area contributed by atoms with E-state index in [0.29, 0.717) is 10.9 Å². The first-order valence-electron chi connectivity index (χ1n) is 5.21. The molecular formula is C11H8BrN3OS2. The lowest BCUT2D eigenvalue weighted by Gasteiger charge is -2.21. The summed E-state index contributed by atoms with van der Waals surface area (Å²) < 4.78 is 1.01. The number of rotatable bonds is 2. The molecule has 7 heteroatoms. The second-order valence-corrected chi connectivity index (χ2v) is 6.40. The van der Waals surface area contributed by atoms with Crippen molar-refractivity contribution < 1.29 is 4.79 Å². The van der Waals surface area contributed by atoms with E-state index < -0.39 is 0 Å². The van der Waals surface area contributed by atoms with Gasteiger partial charge in [-0.15, -0.1) is 22.0 Å². The van der Waals surface area contributed by atoms with Gasteiger partial charge in [-0.2, -0.15) is 0 Å². The van der Waals surface area contributed by atoms with Crippen LogP contribution in [0.15, 0.2) is 34.2 Å². The molecular weight excluding hydrogens is 334 g/mol. The van der Waals surface area contributed by atoms with E-state index in [1.165, 1.54) is 11.3 Å². The number of thioether (sulfide) groups is 1. The smallest absolute Gasteiger partial charge is 0.240 e. The number of benzene rings is 1. The molecule has 1 aliphatic heterocycles. The van der Waals surface area contributed by atoms with Crippen LogP contribution in [0.5, 0.6) is 0 Å². The van der Waals surface area contributed by atoms with Gasteiger partial charge in [0.2, 0.25) is 11.0 Å². The SMILES string of the molecule is O=C1CS[C@@H](c2ccccc2Br)N1c1nncs1. The fourth-order valence-electron chi connectivity index (χ4n) is 1.81. The van der Waals surface area contributed by atoms with Crippen LogP contribution in [0.3, 0.4) is 0 Å². The highest BCUT2D eigenvalue weighted by molar-refractivity contribution is 9.10. The fraction of sp³-hybridized carbons (Fsp3) is 0.182. The van der Waals surface area contributed by atoms with Crippen LogP contribution in [-0.2, 0) is 4.79 Å². The Labute approximate surface area is 121 Å². The van der Waals surface area contributed by atoms with Gasteiger partial charge in [0, 0.05) is 4.47 Å². The van der Waals surface area contributed by atoms with Crippen LogP contribution >= 0.6 is 39.0 Å². The standard InChI is InChI=1S/C11H8BrN3OS2/c12-8-4-2-1-3-7(8)10-15(9(16)5-17-10)11-14-13-6-18-11/h1-4,6,10H,5H2/t10-/m0/s1. The predicted molar refractivity (Wildman–Crippen MR) is 76.7 cm³/mol. The topological polar surface area (TPSA) is 46.1 Å². The zero-order valence-electron chi connectivity index (χ0n) is 9.12. The second kappa shape index (κ2) is 4.99. The molecule has 0 radical (unpaired) electrons. The highest BCUT2D eigenvalue weighted by atomic mass is 79.9. The number of hydrogen-bond donors (Lipinski definition) is 0. The molecule has 1 saturated heterocycles. The Hall–Kier alpha value is -0.920. The molecule has 1 amide bonds. The van der Waals surface area contributed by atoms with Crippen molar-refractivity contribution >= 4 is 50.1 Å². The number of anilines is 1. The van der Waals surface area contributed by atoms with Gasteiger partial charge >= 0.3 is 0 Å². The maximum Gasteiger partial charge on any atom is 0.240 e. The van der Waals surface area contributed by atoms with Gasteiger partial charge in [-0.1, -0.05) is 45.5 Å². The van der Waals surface area contributed by atoms with Crippen molar-refractivity contribution in [3.63, 3.8) is 0 Å². The summed E-state index contributed by atoms with van der Waals surface area (Å²) in [5.41, 5.74) is 2.73. The molecule has 1 fully saturated rings. The highest BCUT2D eigenvalue weighted by Gasteiger charge is 2.36. The zero-order chi connectivity index (χ0) is 12.5. The van der Waals surface area contributed by atoms with Gasteiger partial charge < -0.3 is 0 Å². The lowest BCUT2D eigenvalue weighted by atomic mass is 10.2. The lowest BCUT2D eigenvalue weighted by molar-refractivity contribution is -0.115. The van der Waals surface area contributed by atoms with Crippen molar-refractivity contribution in [1.82, 2.24) is 10.2 Å². The van der Waals surface area contributed by atoms with Gasteiger partial charge in [0.1, 0.15) is 10.9 Å². The first kappa shape index (κ1) is 12.1. The molecule has 0 N–H and O–H groups in total. The molecule has 92 valence electrons. The van der Waals surface area contributed by atoms with E-state index in [1.54, 1.807) is 22.2 Å². The third kappa shape index (κ3) is 2.06. The molecule has 2 aromatic rings. The molecule has 0 saturated carbocycles. The van der Waals surface area contributed by atoms with Gasteiger partial charge in [-0.25, -0.2) is 0 Å². The molecule has 0 bridgehead atoms. The first-order valence-corrected chi connectivity index (χ1v) is 7.94. The van der Waals surface area contributed by atoms with E-state index in [4.69, 9.17) is 0 Å².